The SMILES string of the molecule is COc1cnccc1-c1noc(C2CCC(F)(F)CO2)n1. The van der Waals surface area contributed by atoms with Gasteiger partial charge in [-0.25, -0.2) is 8.78 Å². The van der Waals surface area contributed by atoms with E-state index in [1.165, 1.54) is 13.3 Å². The van der Waals surface area contributed by atoms with Gasteiger partial charge in [0.05, 0.1) is 18.9 Å². The molecule has 0 spiro atoms. The van der Waals surface area contributed by atoms with Gasteiger partial charge in [-0.15, -0.1) is 0 Å². The van der Waals surface area contributed by atoms with E-state index in [2.05, 4.69) is 15.1 Å². The molecule has 8 heteroatoms. The van der Waals surface area contributed by atoms with E-state index in [0.717, 1.165) is 0 Å². The molecule has 1 atom stereocenters. The fraction of sp³-hybridized carbons (Fsp3) is 0.462. The van der Waals surface area contributed by atoms with Crippen molar-refractivity contribution in [1.82, 2.24) is 15.1 Å². The Hall–Kier alpha value is -2.09. The first kappa shape index (κ1) is 13.9. The summed E-state index contributed by atoms with van der Waals surface area (Å²) in [6.07, 6.45) is 2.39. The standard InChI is InChI=1S/C13H13F2N3O3/c1-19-10-6-16-5-3-8(10)11-17-12(21-18-11)9-2-4-13(14,15)7-20-9/h3,5-6,9H,2,4,7H2,1H3. The van der Waals surface area contributed by atoms with E-state index in [0.29, 0.717) is 17.1 Å². The third kappa shape index (κ3) is 2.85. The Kier molecular flexibility index (Phi) is 3.54. The second-order valence-corrected chi connectivity index (χ2v) is 4.73. The minimum absolute atomic E-state index is 0.141. The second kappa shape index (κ2) is 5.36. The first-order valence-corrected chi connectivity index (χ1v) is 6.40. The number of halogens is 2. The number of pyridine rings is 1. The Bertz CT molecular complexity index is 623. The van der Waals surface area contributed by atoms with Crippen LogP contribution in [0.3, 0.4) is 0 Å². The van der Waals surface area contributed by atoms with Gasteiger partial charge >= 0.3 is 0 Å². The summed E-state index contributed by atoms with van der Waals surface area (Å²) < 4.78 is 41.5. The van der Waals surface area contributed by atoms with E-state index in [1.807, 2.05) is 0 Å². The molecule has 2 aromatic rings. The molecule has 6 nitrogen and oxygen atoms in total. The van der Waals surface area contributed by atoms with Crippen LogP contribution in [0.2, 0.25) is 0 Å². The lowest BCUT2D eigenvalue weighted by Crippen LogP contribution is -2.31. The highest BCUT2D eigenvalue weighted by Gasteiger charge is 2.38. The van der Waals surface area contributed by atoms with Gasteiger partial charge in [-0.1, -0.05) is 5.16 Å². The molecule has 0 radical (unpaired) electrons. The van der Waals surface area contributed by atoms with Gasteiger partial charge in [0.1, 0.15) is 18.5 Å². The summed E-state index contributed by atoms with van der Waals surface area (Å²) in [7, 11) is 1.51. The molecule has 0 amide bonds. The van der Waals surface area contributed by atoms with E-state index in [9.17, 15) is 8.78 Å². The van der Waals surface area contributed by atoms with Gasteiger partial charge in [0.25, 0.3) is 11.8 Å². The topological polar surface area (TPSA) is 70.3 Å². The van der Waals surface area contributed by atoms with Crippen molar-refractivity contribution in [2.75, 3.05) is 13.7 Å². The van der Waals surface area contributed by atoms with Crippen LogP contribution in [0.5, 0.6) is 5.75 Å². The normalized spacial score (nSPS) is 21.2. The molecule has 21 heavy (non-hydrogen) atoms. The number of hydrogen-bond acceptors (Lipinski definition) is 6. The van der Waals surface area contributed by atoms with Gasteiger partial charge in [0, 0.05) is 12.6 Å². The molecule has 1 saturated heterocycles. The third-order valence-corrected chi connectivity index (χ3v) is 3.23. The minimum Gasteiger partial charge on any atom is -0.494 e. The van der Waals surface area contributed by atoms with Crippen LogP contribution in [0.1, 0.15) is 24.8 Å². The monoisotopic (exact) mass is 297 g/mol. The lowest BCUT2D eigenvalue weighted by molar-refractivity contribution is -0.151. The zero-order chi connectivity index (χ0) is 14.9. The molecule has 0 saturated carbocycles. The number of methoxy groups -OCH3 is 1. The molecule has 1 fully saturated rings. The van der Waals surface area contributed by atoms with Gasteiger partial charge in [0.15, 0.2) is 0 Å². The molecule has 1 aliphatic heterocycles. The maximum absolute atomic E-state index is 13.0. The van der Waals surface area contributed by atoms with Crippen molar-refractivity contribution in [3.05, 3.63) is 24.4 Å². The Morgan fingerprint density at radius 2 is 2.29 bits per heavy atom. The highest BCUT2D eigenvalue weighted by atomic mass is 19.3. The molecule has 3 heterocycles. The van der Waals surface area contributed by atoms with Crippen molar-refractivity contribution in [2.45, 2.75) is 24.9 Å². The van der Waals surface area contributed by atoms with Crippen LogP contribution in [0.15, 0.2) is 23.0 Å². The summed E-state index contributed by atoms with van der Waals surface area (Å²) in [5.74, 6) is -1.78. The number of nitrogens with zero attached hydrogens (tertiary/aromatic N) is 3. The van der Waals surface area contributed by atoms with Crippen molar-refractivity contribution in [3.63, 3.8) is 0 Å². The van der Waals surface area contributed by atoms with Crippen LogP contribution in [-0.2, 0) is 4.74 Å². The van der Waals surface area contributed by atoms with E-state index in [4.69, 9.17) is 14.0 Å². The molecule has 1 aliphatic rings. The summed E-state index contributed by atoms with van der Waals surface area (Å²) in [6, 6.07) is 1.68. The molecule has 2 aromatic heterocycles. The average Bonchev–Trinajstić information content (AvgIpc) is 2.97. The lowest BCUT2D eigenvalue weighted by Gasteiger charge is -2.26. The smallest absolute Gasteiger partial charge is 0.271 e. The first-order valence-electron chi connectivity index (χ1n) is 6.40. The number of alkyl halides is 2. The van der Waals surface area contributed by atoms with Gasteiger partial charge < -0.3 is 14.0 Å². The highest BCUT2D eigenvalue weighted by molar-refractivity contribution is 5.62. The summed E-state index contributed by atoms with van der Waals surface area (Å²) in [5, 5.41) is 3.85. The van der Waals surface area contributed by atoms with Crippen molar-refractivity contribution in [3.8, 4) is 17.1 Å². The molecule has 0 aliphatic carbocycles. The Morgan fingerprint density at radius 1 is 1.43 bits per heavy atom. The molecule has 112 valence electrons. The van der Waals surface area contributed by atoms with Crippen molar-refractivity contribution in [2.24, 2.45) is 0 Å². The Balaban J connectivity index is 1.81. The van der Waals surface area contributed by atoms with Crippen molar-refractivity contribution < 1.29 is 22.8 Å². The third-order valence-electron chi connectivity index (χ3n) is 3.23. The van der Waals surface area contributed by atoms with Crippen LogP contribution in [0.4, 0.5) is 8.78 Å². The summed E-state index contributed by atoms with van der Waals surface area (Å²) in [5.41, 5.74) is 0.614. The van der Waals surface area contributed by atoms with Gasteiger partial charge in [-0.05, 0) is 12.5 Å². The molecular weight excluding hydrogens is 284 g/mol. The van der Waals surface area contributed by atoms with Gasteiger partial charge in [0.2, 0.25) is 5.82 Å². The fourth-order valence-electron chi connectivity index (χ4n) is 2.12. The summed E-state index contributed by atoms with van der Waals surface area (Å²) >= 11 is 0. The molecule has 0 N–H and O–H groups in total. The van der Waals surface area contributed by atoms with E-state index in [1.54, 1.807) is 12.3 Å². The number of ether oxygens (including phenoxy) is 2. The largest absolute Gasteiger partial charge is 0.494 e. The summed E-state index contributed by atoms with van der Waals surface area (Å²) in [6.45, 7) is -0.631. The van der Waals surface area contributed by atoms with Crippen molar-refractivity contribution >= 4 is 0 Å². The maximum atomic E-state index is 13.0. The van der Waals surface area contributed by atoms with Crippen molar-refractivity contribution in [1.29, 1.82) is 0 Å². The first-order chi connectivity index (χ1) is 10.1. The number of aromatic nitrogens is 3. The van der Waals surface area contributed by atoms with E-state index >= 15 is 0 Å². The Morgan fingerprint density at radius 3 is 3.00 bits per heavy atom. The predicted molar refractivity (Wildman–Crippen MR) is 67.0 cm³/mol. The second-order valence-electron chi connectivity index (χ2n) is 4.73. The van der Waals surface area contributed by atoms with Crippen LogP contribution >= 0.6 is 0 Å². The minimum atomic E-state index is -2.78. The fourth-order valence-corrected chi connectivity index (χ4v) is 2.12. The van der Waals surface area contributed by atoms with Gasteiger partial charge in [-0.3, -0.25) is 4.98 Å². The average molecular weight is 297 g/mol. The predicted octanol–water partition coefficient (Wildman–Crippen LogP) is 2.63. The quantitative estimate of drug-likeness (QED) is 0.867. The van der Waals surface area contributed by atoms with E-state index < -0.39 is 18.6 Å². The van der Waals surface area contributed by atoms with E-state index in [-0.39, 0.29) is 18.7 Å². The Labute approximate surface area is 119 Å². The van der Waals surface area contributed by atoms with Crippen LogP contribution < -0.4 is 4.74 Å². The van der Waals surface area contributed by atoms with Gasteiger partial charge in [-0.2, -0.15) is 4.98 Å². The molecular formula is C13H13F2N3O3. The molecule has 0 bridgehead atoms. The zero-order valence-corrected chi connectivity index (χ0v) is 11.3. The zero-order valence-electron chi connectivity index (χ0n) is 11.3. The highest BCUT2D eigenvalue weighted by Crippen LogP contribution is 2.36. The molecule has 1 unspecified atom stereocenters. The molecule has 3 rings (SSSR count). The lowest BCUT2D eigenvalue weighted by atomic mass is 10.1. The maximum Gasteiger partial charge on any atom is 0.271 e. The summed E-state index contributed by atoms with van der Waals surface area (Å²) in [4.78, 5) is 8.14. The van der Waals surface area contributed by atoms with Crippen LogP contribution in [-0.4, -0.2) is 34.8 Å². The molecule has 0 aromatic carbocycles. The number of rotatable bonds is 3. The van der Waals surface area contributed by atoms with Crippen LogP contribution in [0, 0.1) is 0 Å². The number of hydrogen-bond donors (Lipinski definition) is 0. The van der Waals surface area contributed by atoms with Crippen LogP contribution in [0.25, 0.3) is 11.4 Å².